The van der Waals surface area contributed by atoms with E-state index in [0.717, 1.165) is 15.5 Å². The Bertz CT molecular complexity index is 1150. The van der Waals surface area contributed by atoms with Crippen LogP contribution < -0.4 is 4.72 Å². The van der Waals surface area contributed by atoms with Crippen molar-refractivity contribution >= 4 is 49.3 Å². The van der Waals surface area contributed by atoms with Crippen molar-refractivity contribution in [1.29, 1.82) is 0 Å². The average Bonchev–Trinajstić information content (AvgIpc) is 3.32. The number of rotatable bonds is 6. The topological polar surface area (TPSA) is 76.4 Å². The first-order valence-corrected chi connectivity index (χ1v) is 11.3. The molecule has 0 amide bonds. The molecule has 4 rings (SSSR count). The molecule has 0 bridgehead atoms. The van der Waals surface area contributed by atoms with Gasteiger partial charge in [-0.05, 0) is 29.6 Å². The van der Waals surface area contributed by atoms with E-state index in [4.69, 9.17) is 11.6 Å². The van der Waals surface area contributed by atoms with E-state index in [0.29, 0.717) is 17.3 Å². The van der Waals surface area contributed by atoms with Crippen LogP contribution in [0.2, 0.25) is 5.02 Å². The summed E-state index contributed by atoms with van der Waals surface area (Å²) in [6.45, 7) is 0.259. The van der Waals surface area contributed by atoms with E-state index in [1.165, 1.54) is 23.5 Å². The number of nitrogens with one attached hydrogen (secondary N) is 1. The minimum absolute atomic E-state index is 0.154. The van der Waals surface area contributed by atoms with Crippen LogP contribution in [0.1, 0.15) is 5.69 Å². The first-order valence-electron chi connectivity index (χ1n) is 7.65. The van der Waals surface area contributed by atoms with Gasteiger partial charge in [-0.15, -0.1) is 27.8 Å². The zero-order chi connectivity index (χ0) is 18.1. The van der Waals surface area contributed by atoms with E-state index in [1.54, 1.807) is 28.0 Å². The summed E-state index contributed by atoms with van der Waals surface area (Å²) in [6, 6.07) is 10.1. The molecule has 0 saturated carbocycles. The summed E-state index contributed by atoms with van der Waals surface area (Å²) in [4.78, 5) is 6.47. The molecule has 0 unspecified atom stereocenters. The molecular formula is C16H13ClN4O2S3. The highest BCUT2D eigenvalue weighted by molar-refractivity contribution is 7.89. The lowest BCUT2D eigenvalue weighted by Crippen LogP contribution is -2.26. The molecule has 3 aromatic heterocycles. The smallest absolute Gasteiger partial charge is 0.211 e. The van der Waals surface area contributed by atoms with Crippen LogP contribution in [0.3, 0.4) is 0 Å². The van der Waals surface area contributed by atoms with Crippen molar-refractivity contribution in [2.45, 2.75) is 11.3 Å². The summed E-state index contributed by atoms with van der Waals surface area (Å²) in [6.07, 6.45) is 0.507. The lowest BCUT2D eigenvalue weighted by molar-refractivity contribution is 0.581. The Morgan fingerprint density at radius 2 is 2.08 bits per heavy atom. The van der Waals surface area contributed by atoms with Gasteiger partial charge in [-0.2, -0.15) is 4.98 Å². The highest BCUT2D eigenvalue weighted by atomic mass is 35.5. The summed E-state index contributed by atoms with van der Waals surface area (Å²) in [5, 5.41) is 8.84. The molecule has 0 fully saturated rings. The Kier molecular flexibility index (Phi) is 4.80. The second-order valence-electron chi connectivity index (χ2n) is 5.44. The molecule has 0 atom stereocenters. The van der Waals surface area contributed by atoms with Crippen molar-refractivity contribution in [1.82, 2.24) is 19.3 Å². The Morgan fingerprint density at radius 1 is 1.19 bits per heavy atom. The van der Waals surface area contributed by atoms with Crippen LogP contribution in [0.25, 0.3) is 15.7 Å². The number of hydrogen-bond donors (Lipinski definition) is 1. The minimum Gasteiger partial charge on any atom is -0.211 e. The highest BCUT2D eigenvalue weighted by Gasteiger charge is 2.15. The number of sulfonamides is 1. The zero-order valence-electron chi connectivity index (χ0n) is 13.3. The maximum Gasteiger partial charge on any atom is 0.240 e. The third kappa shape index (κ3) is 3.53. The molecule has 0 aliphatic carbocycles. The number of nitrogens with zero attached hydrogens (tertiary/aromatic N) is 3. The molecule has 134 valence electrons. The molecular weight excluding hydrogens is 412 g/mol. The van der Waals surface area contributed by atoms with Gasteiger partial charge < -0.3 is 0 Å². The second-order valence-corrected chi connectivity index (χ2v) is 9.43. The van der Waals surface area contributed by atoms with Crippen molar-refractivity contribution in [2.24, 2.45) is 0 Å². The van der Waals surface area contributed by atoms with E-state index in [1.807, 2.05) is 22.9 Å². The normalized spacial score (nSPS) is 12.0. The van der Waals surface area contributed by atoms with Crippen LogP contribution in [0.4, 0.5) is 0 Å². The molecule has 0 saturated heterocycles. The van der Waals surface area contributed by atoms with Gasteiger partial charge in [0.15, 0.2) is 5.82 Å². The summed E-state index contributed by atoms with van der Waals surface area (Å²) in [5.41, 5.74) is 0.911. The van der Waals surface area contributed by atoms with Crippen LogP contribution in [-0.2, 0) is 16.4 Å². The maximum atomic E-state index is 12.3. The van der Waals surface area contributed by atoms with Gasteiger partial charge in [0.2, 0.25) is 15.0 Å². The molecule has 0 radical (unpaired) electrons. The lowest BCUT2D eigenvalue weighted by Gasteiger charge is -2.06. The van der Waals surface area contributed by atoms with Crippen LogP contribution in [-0.4, -0.2) is 29.6 Å². The van der Waals surface area contributed by atoms with Gasteiger partial charge in [0.05, 0.1) is 15.5 Å². The third-order valence-corrected chi connectivity index (χ3v) is 7.10. The number of hydrogen-bond acceptors (Lipinski definition) is 6. The van der Waals surface area contributed by atoms with Gasteiger partial charge in [-0.25, -0.2) is 17.7 Å². The second kappa shape index (κ2) is 7.09. The first kappa shape index (κ1) is 17.6. The van der Waals surface area contributed by atoms with E-state index >= 15 is 0 Å². The molecule has 0 aliphatic rings. The average molecular weight is 425 g/mol. The summed E-state index contributed by atoms with van der Waals surface area (Å²) in [7, 11) is -3.59. The molecule has 0 spiro atoms. The fourth-order valence-corrected chi connectivity index (χ4v) is 5.28. The summed E-state index contributed by atoms with van der Waals surface area (Å²) in [5.74, 6) is 0.688. The predicted octanol–water partition coefficient (Wildman–Crippen LogP) is 3.69. The molecule has 26 heavy (non-hydrogen) atoms. The van der Waals surface area contributed by atoms with Crippen LogP contribution in [0, 0.1) is 0 Å². The molecule has 1 aromatic carbocycles. The number of benzene rings is 1. The standard InChI is InChI=1S/C16H13ClN4O2S3/c17-11-3-1-4-13(9-11)26(22,23)18-7-6-12-10-25-16-19-15(20-21(12)16)14-5-2-8-24-14/h1-5,8-10,18H,6-7H2. The number of aromatic nitrogens is 3. The van der Waals surface area contributed by atoms with Crippen LogP contribution in [0.15, 0.2) is 52.1 Å². The zero-order valence-corrected chi connectivity index (χ0v) is 16.5. The van der Waals surface area contributed by atoms with Gasteiger partial charge in [0, 0.05) is 23.4 Å². The number of fused-ring (bicyclic) bond motifs is 1. The van der Waals surface area contributed by atoms with Crippen LogP contribution in [0.5, 0.6) is 0 Å². The van der Waals surface area contributed by atoms with E-state index < -0.39 is 10.0 Å². The molecule has 1 N–H and O–H groups in total. The third-order valence-electron chi connectivity index (χ3n) is 3.67. The Balaban J connectivity index is 1.48. The molecule has 4 aromatic rings. The van der Waals surface area contributed by atoms with Crippen LogP contribution >= 0.6 is 34.3 Å². The fourth-order valence-electron chi connectivity index (χ4n) is 2.44. The predicted molar refractivity (Wildman–Crippen MR) is 105 cm³/mol. The molecule has 6 nitrogen and oxygen atoms in total. The minimum atomic E-state index is -3.59. The monoisotopic (exact) mass is 424 g/mol. The molecule has 10 heteroatoms. The van der Waals surface area contributed by atoms with E-state index in [2.05, 4.69) is 14.8 Å². The van der Waals surface area contributed by atoms with Gasteiger partial charge >= 0.3 is 0 Å². The first-order chi connectivity index (χ1) is 12.5. The number of thiophene rings is 1. The lowest BCUT2D eigenvalue weighted by atomic mass is 10.3. The van der Waals surface area contributed by atoms with Crippen molar-refractivity contribution < 1.29 is 8.42 Å². The number of halogens is 1. The fraction of sp³-hybridized carbons (Fsp3) is 0.125. The van der Waals surface area contributed by atoms with Crippen molar-refractivity contribution in [3.05, 3.63) is 57.9 Å². The summed E-state index contributed by atoms with van der Waals surface area (Å²) < 4.78 is 29.0. The molecule has 0 aliphatic heterocycles. The van der Waals surface area contributed by atoms with Crippen molar-refractivity contribution in [3.63, 3.8) is 0 Å². The van der Waals surface area contributed by atoms with E-state index in [9.17, 15) is 8.42 Å². The SMILES string of the molecule is O=S(=O)(NCCc1csc2nc(-c3cccs3)nn12)c1cccc(Cl)c1. The molecule has 3 heterocycles. The van der Waals surface area contributed by atoms with Gasteiger partial charge in [0.25, 0.3) is 0 Å². The quantitative estimate of drug-likeness (QED) is 0.512. The van der Waals surface area contributed by atoms with Gasteiger partial charge in [-0.3, -0.25) is 0 Å². The highest BCUT2D eigenvalue weighted by Crippen LogP contribution is 2.24. The van der Waals surface area contributed by atoms with Gasteiger partial charge in [0.1, 0.15) is 0 Å². The Morgan fingerprint density at radius 3 is 2.85 bits per heavy atom. The number of thiazole rings is 1. The van der Waals surface area contributed by atoms with Gasteiger partial charge in [-0.1, -0.05) is 23.7 Å². The Labute approximate surface area is 163 Å². The van der Waals surface area contributed by atoms with E-state index in [-0.39, 0.29) is 11.4 Å². The largest absolute Gasteiger partial charge is 0.240 e. The maximum absolute atomic E-state index is 12.3. The Hall–Kier alpha value is -1.78. The summed E-state index contributed by atoms with van der Waals surface area (Å²) >= 11 is 8.94. The van der Waals surface area contributed by atoms with Crippen molar-refractivity contribution in [2.75, 3.05) is 6.54 Å². The van der Waals surface area contributed by atoms with Crippen molar-refractivity contribution in [3.8, 4) is 10.7 Å².